The summed E-state index contributed by atoms with van der Waals surface area (Å²) in [5.41, 5.74) is 0. The van der Waals surface area contributed by atoms with Gasteiger partial charge in [-0.05, 0) is 6.42 Å². The molecule has 4 nitrogen and oxygen atoms in total. The predicted octanol–water partition coefficient (Wildman–Crippen LogP) is 0.603. The van der Waals surface area contributed by atoms with Gasteiger partial charge in [-0.15, -0.1) is 0 Å². The highest BCUT2D eigenvalue weighted by molar-refractivity contribution is 5.69. The van der Waals surface area contributed by atoms with Gasteiger partial charge in [0.15, 0.2) is 0 Å². The van der Waals surface area contributed by atoms with Crippen molar-refractivity contribution < 1.29 is 9.53 Å². The van der Waals surface area contributed by atoms with E-state index in [1.165, 1.54) is 7.11 Å². The fourth-order valence-corrected chi connectivity index (χ4v) is 0.522. The number of nitriles is 2. The largest absolute Gasteiger partial charge is 0.469 e. The van der Waals surface area contributed by atoms with Gasteiger partial charge in [-0.25, -0.2) is 0 Å². The molecule has 4 heteroatoms. The first-order chi connectivity index (χ1) is 5.24. The van der Waals surface area contributed by atoms with Crippen LogP contribution in [0.2, 0.25) is 0 Å². The maximum absolute atomic E-state index is 10.5. The average Bonchev–Trinajstić information content (AvgIpc) is 2.06. The maximum atomic E-state index is 10.5. The molecule has 0 heterocycles. The molecule has 0 saturated heterocycles. The zero-order valence-electron chi connectivity index (χ0n) is 6.20. The van der Waals surface area contributed by atoms with E-state index in [-0.39, 0.29) is 18.8 Å². The van der Waals surface area contributed by atoms with Crippen LogP contribution in [0.3, 0.4) is 0 Å². The number of hydrogen-bond acceptors (Lipinski definition) is 4. The van der Waals surface area contributed by atoms with Crippen LogP contribution in [0, 0.1) is 28.6 Å². The minimum atomic E-state index is -0.700. The second-order valence-electron chi connectivity index (χ2n) is 1.93. The summed E-state index contributed by atoms with van der Waals surface area (Å²) in [6.45, 7) is 0. The fraction of sp³-hybridized carbons (Fsp3) is 0.571. The minimum absolute atomic E-state index is 0.127. The SMILES string of the molecule is COC(=O)CCC(C#N)C#N. The first-order valence-corrected chi connectivity index (χ1v) is 3.10. The van der Waals surface area contributed by atoms with Gasteiger partial charge in [-0.3, -0.25) is 4.79 Å². The topological polar surface area (TPSA) is 73.9 Å². The Morgan fingerprint density at radius 3 is 2.45 bits per heavy atom. The van der Waals surface area contributed by atoms with Crippen LogP contribution in [-0.2, 0) is 9.53 Å². The van der Waals surface area contributed by atoms with Crippen molar-refractivity contribution in [2.75, 3.05) is 7.11 Å². The smallest absolute Gasteiger partial charge is 0.305 e. The standard InChI is InChI=1S/C7H8N2O2/c1-11-7(10)3-2-6(4-8)5-9/h6H,2-3H2,1H3. The lowest BCUT2D eigenvalue weighted by Crippen LogP contribution is -2.03. The number of carbonyl (C=O) groups is 1. The molecular formula is C7H8N2O2. The number of ether oxygens (including phenoxy) is 1. The monoisotopic (exact) mass is 152 g/mol. The van der Waals surface area contributed by atoms with Crippen LogP contribution in [-0.4, -0.2) is 13.1 Å². The summed E-state index contributed by atoms with van der Waals surface area (Å²) in [7, 11) is 1.27. The Hall–Kier alpha value is -1.55. The van der Waals surface area contributed by atoms with E-state index in [4.69, 9.17) is 10.5 Å². The van der Waals surface area contributed by atoms with E-state index in [0.29, 0.717) is 0 Å². The maximum Gasteiger partial charge on any atom is 0.305 e. The molecule has 0 bridgehead atoms. The highest BCUT2D eigenvalue weighted by atomic mass is 16.5. The highest BCUT2D eigenvalue weighted by Gasteiger charge is 2.08. The molecule has 58 valence electrons. The van der Waals surface area contributed by atoms with Crippen LogP contribution < -0.4 is 0 Å². The van der Waals surface area contributed by atoms with Crippen molar-refractivity contribution in [3.8, 4) is 12.1 Å². The summed E-state index contributed by atoms with van der Waals surface area (Å²) < 4.78 is 4.33. The molecule has 0 aliphatic carbocycles. The Balaban J connectivity index is 3.64. The molecule has 0 radical (unpaired) electrons. The third-order valence-electron chi connectivity index (χ3n) is 1.18. The number of methoxy groups -OCH3 is 1. The van der Waals surface area contributed by atoms with Crippen LogP contribution in [0.15, 0.2) is 0 Å². The van der Waals surface area contributed by atoms with Crippen molar-refractivity contribution in [3.05, 3.63) is 0 Å². The first-order valence-electron chi connectivity index (χ1n) is 3.10. The zero-order valence-corrected chi connectivity index (χ0v) is 6.20. The Morgan fingerprint density at radius 2 is 2.09 bits per heavy atom. The van der Waals surface area contributed by atoms with Crippen LogP contribution in [0.4, 0.5) is 0 Å². The molecule has 0 aromatic rings. The number of hydrogen-bond donors (Lipinski definition) is 0. The quantitative estimate of drug-likeness (QED) is 0.555. The molecule has 0 atom stereocenters. The molecule has 0 N–H and O–H groups in total. The van der Waals surface area contributed by atoms with Gasteiger partial charge in [0.2, 0.25) is 0 Å². The lowest BCUT2D eigenvalue weighted by atomic mass is 10.1. The van der Waals surface area contributed by atoms with E-state index in [1.807, 2.05) is 0 Å². The molecule has 0 aliphatic heterocycles. The third kappa shape index (κ3) is 3.94. The van der Waals surface area contributed by atoms with E-state index in [2.05, 4.69) is 4.74 Å². The van der Waals surface area contributed by atoms with Crippen molar-refractivity contribution >= 4 is 5.97 Å². The Kier molecular flexibility index (Phi) is 4.51. The molecule has 0 aromatic carbocycles. The van der Waals surface area contributed by atoms with Gasteiger partial charge in [-0.2, -0.15) is 10.5 Å². The fourth-order valence-electron chi connectivity index (χ4n) is 0.522. The van der Waals surface area contributed by atoms with Crippen LogP contribution in [0.5, 0.6) is 0 Å². The molecule has 11 heavy (non-hydrogen) atoms. The van der Waals surface area contributed by atoms with E-state index in [0.717, 1.165) is 0 Å². The van der Waals surface area contributed by atoms with Crippen molar-refractivity contribution in [3.63, 3.8) is 0 Å². The third-order valence-corrected chi connectivity index (χ3v) is 1.18. The van der Waals surface area contributed by atoms with Gasteiger partial charge in [-0.1, -0.05) is 0 Å². The van der Waals surface area contributed by atoms with Crippen LogP contribution in [0.1, 0.15) is 12.8 Å². The Bertz CT molecular complexity index is 197. The van der Waals surface area contributed by atoms with E-state index < -0.39 is 5.92 Å². The van der Waals surface area contributed by atoms with Crippen molar-refractivity contribution in [2.45, 2.75) is 12.8 Å². The number of rotatable bonds is 3. The molecule has 0 saturated carbocycles. The van der Waals surface area contributed by atoms with Crippen molar-refractivity contribution in [1.82, 2.24) is 0 Å². The van der Waals surface area contributed by atoms with Gasteiger partial charge in [0, 0.05) is 6.42 Å². The average molecular weight is 152 g/mol. The van der Waals surface area contributed by atoms with Crippen LogP contribution in [0.25, 0.3) is 0 Å². The van der Waals surface area contributed by atoms with Gasteiger partial charge in [0.25, 0.3) is 0 Å². The summed E-state index contributed by atoms with van der Waals surface area (Å²) in [5.74, 6) is -1.09. The second kappa shape index (κ2) is 5.25. The lowest BCUT2D eigenvalue weighted by Gasteiger charge is -1.97. The summed E-state index contributed by atoms with van der Waals surface area (Å²) in [6, 6.07) is 3.52. The van der Waals surface area contributed by atoms with Crippen molar-refractivity contribution in [2.24, 2.45) is 5.92 Å². The van der Waals surface area contributed by atoms with Gasteiger partial charge < -0.3 is 4.74 Å². The van der Waals surface area contributed by atoms with Gasteiger partial charge >= 0.3 is 5.97 Å². The number of nitrogens with zero attached hydrogens (tertiary/aromatic N) is 2. The minimum Gasteiger partial charge on any atom is -0.469 e. The van der Waals surface area contributed by atoms with E-state index in [9.17, 15) is 4.79 Å². The molecule has 0 amide bonds. The van der Waals surface area contributed by atoms with E-state index >= 15 is 0 Å². The Morgan fingerprint density at radius 1 is 1.55 bits per heavy atom. The second-order valence-corrected chi connectivity index (χ2v) is 1.93. The van der Waals surface area contributed by atoms with Gasteiger partial charge in [0.05, 0.1) is 19.2 Å². The molecule has 0 aliphatic rings. The van der Waals surface area contributed by atoms with Gasteiger partial charge in [0.1, 0.15) is 5.92 Å². The number of esters is 1. The summed E-state index contributed by atoms with van der Waals surface area (Å²) in [5, 5.41) is 16.6. The normalized spacial score (nSPS) is 8.36. The molecule has 0 unspecified atom stereocenters. The molecule has 0 aromatic heterocycles. The molecule has 0 spiro atoms. The van der Waals surface area contributed by atoms with Crippen molar-refractivity contribution in [1.29, 1.82) is 10.5 Å². The Labute approximate surface area is 65.0 Å². The lowest BCUT2D eigenvalue weighted by molar-refractivity contribution is -0.140. The summed E-state index contributed by atoms with van der Waals surface area (Å²) >= 11 is 0. The summed E-state index contributed by atoms with van der Waals surface area (Å²) in [6.07, 6.45) is 0.377. The van der Waals surface area contributed by atoms with E-state index in [1.54, 1.807) is 12.1 Å². The molecule has 0 rings (SSSR count). The zero-order chi connectivity index (χ0) is 8.69. The number of carbonyl (C=O) groups excluding carboxylic acids is 1. The predicted molar refractivity (Wildman–Crippen MR) is 36.0 cm³/mol. The molecular weight excluding hydrogens is 144 g/mol. The first kappa shape index (κ1) is 9.45. The molecule has 0 fully saturated rings. The van der Waals surface area contributed by atoms with Crippen LogP contribution >= 0.6 is 0 Å². The highest BCUT2D eigenvalue weighted by Crippen LogP contribution is 2.03. The summed E-state index contributed by atoms with van der Waals surface area (Å²) in [4.78, 5) is 10.5.